The third-order valence-electron chi connectivity index (χ3n) is 7.96. The Hall–Kier alpha value is -2.46. The van der Waals surface area contributed by atoms with Gasteiger partial charge in [-0.05, 0) is 41.7 Å². The van der Waals surface area contributed by atoms with E-state index < -0.39 is 23.8 Å². The second-order valence-electron chi connectivity index (χ2n) is 9.82. The number of carboxylic acid groups (broad SMARTS) is 1. The number of pyridine rings is 1. The number of thiazole rings is 1. The number of carboxylic acids is 1. The minimum Gasteiger partial charge on any atom is -0.480 e. The second kappa shape index (κ2) is 7.27. The smallest absolute Gasteiger partial charge is 0.327 e. The third kappa shape index (κ3) is 2.79. The number of likely N-dealkylation sites (tertiary alicyclic amines) is 1. The SMILES string of the molecule is CC(C)[C@H](C(=O)O)N1C(=O)[C@@H]2[C@H]3C[C@@H]([C@@H]2C1=O)[C@@H]1[C@@H](c2cccnc2)c2sc(=O)[nH]c2S[C@@H]31. The van der Waals surface area contributed by atoms with Gasteiger partial charge in [0.1, 0.15) is 6.04 Å². The predicted molar refractivity (Wildman–Crippen MR) is 121 cm³/mol. The van der Waals surface area contributed by atoms with Crippen molar-refractivity contribution in [3.63, 3.8) is 0 Å². The van der Waals surface area contributed by atoms with E-state index in [1.165, 1.54) is 11.3 Å². The van der Waals surface area contributed by atoms with E-state index in [0.717, 1.165) is 26.8 Å². The minimum absolute atomic E-state index is 0.0196. The first-order chi connectivity index (χ1) is 15.8. The van der Waals surface area contributed by atoms with Crippen LogP contribution in [-0.2, 0) is 14.4 Å². The number of H-pyrrole nitrogens is 1. The van der Waals surface area contributed by atoms with Crippen LogP contribution in [-0.4, -0.2) is 49.0 Å². The number of thioether (sulfide) groups is 1. The molecule has 3 fully saturated rings. The van der Waals surface area contributed by atoms with Crippen LogP contribution in [0.15, 0.2) is 34.3 Å². The van der Waals surface area contributed by atoms with E-state index in [9.17, 15) is 24.3 Å². The molecule has 2 aliphatic carbocycles. The molecule has 10 heteroatoms. The van der Waals surface area contributed by atoms with Gasteiger partial charge in [0.05, 0.1) is 16.9 Å². The number of fused-ring (bicyclic) bond motifs is 9. The Balaban J connectivity index is 1.44. The van der Waals surface area contributed by atoms with Crippen molar-refractivity contribution < 1.29 is 19.5 Å². The Morgan fingerprint density at radius 1 is 1.21 bits per heavy atom. The Bertz CT molecular complexity index is 1220. The van der Waals surface area contributed by atoms with Crippen molar-refractivity contribution in [3.8, 4) is 0 Å². The molecule has 6 rings (SSSR count). The molecule has 2 aromatic heterocycles. The normalized spacial score (nSPS) is 35.0. The number of nitrogens with one attached hydrogen (secondary N) is 1. The van der Waals surface area contributed by atoms with Gasteiger partial charge in [0.2, 0.25) is 11.8 Å². The first kappa shape index (κ1) is 21.1. The molecule has 1 saturated heterocycles. The summed E-state index contributed by atoms with van der Waals surface area (Å²) in [7, 11) is 0. The first-order valence-corrected chi connectivity index (χ1v) is 12.9. The van der Waals surface area contributed by atoms with Crippen LogP contribution in [0.25, 0.3) is 0 Å². The second-order valence-corrected chi connectivity index (χ2v) is 12.0. The first-order valence-electron chi connectivity index (χ1n) is 11.2. The number of rotatable bonds is 4. The summed E-state index contributed by atoms with van der Waals surface area (Å²) in [5.41, 5.74) is 1.01. The third-order valence-corrected chi connectivity index (χ3v) is 10.6. The number of aromatic amines is 1. The van der Waals surface area contributed by atoms with Crippen LogP contribution in [0.3, 0.4) is 0 Å². The standard InChI is InChI=1S/C23H23N3O5S2/c1-8(2)16(22(29)30)26-20(27)14-10-6-11(15(14)21(26)28)17-13(10)12(9-4-3-5-24-7-9)18-19(32-17)25-23(31)33-18/h3-5,7-8,10-17H,6H2,1-2H3,(H,25,31)(H,29,30)/t10-,11-,12-,13-,14+,15-,16-,17+/m1/s1. The van der Waals surface area contributed by atoms with E-state index in [-0.39, 0.29) is 51.5 Å². The van der Waals surface area contributed by atoms with Crippen LogP contribution in [0.5, 0.6) is 0 Å². The largest absolute Gasteiger partial charge is 0.480 e. The van der Waals surface area contributed by atoms with Gasteiger partial charge in [-0.25, -0.2) is 4.79 Å². The molecule has 2 amide bonds. The average Bonchev–Trinajstić information content (AvgIpc) is 3.49. The highest BCUT2D eigenvalue weighted by Crippen LogP contribution is 2.68. The van der Waals surface area contributed by atoms with Crippen molar-refractivity contribution in [2.45, 2.75) is 42.5 Å². The number of nitrogens with zero attached hydrogens (tertiary/aromatic N) is 2. The summed E-state index contributed by atoms with van der Waals surface area (Å²) in [5, 5.41) is 10.7. The summed E-state index contributed by atoms with van der Waals surface area (Å²) in [5.74, 6) is -3.17. The van der Waals surface area contributed by atoms with Crippen LogP contribution < -0.4 is 4.87 Å². The van der Waals surface area contributed by atoms with Crippen LogP contribution in [0.4, 0.5) is 0 Å². The molecule has 0 spiro atoms. The molecule has 0 radical (unpaired) electrons. The number of aliphatic carboxylic acids is 1. The summed E-state index contributed by atoms with van der Waals surface area (Å²) in [6.07, 6.45) is 4.31. The lowest BCUT2D eigenvalue weighted by atomic mass is 9.68. The number of amides is 2. The zero-order valence-electron chi connectivity index (χ0n) is 18.0. The molecule has 172 valence electrons. The monoisotopic (exact) mass is 485 g/mol. The maximum absolute atomic E-state index is 13.6. The molecule has 2 aromatic rings. The van der Waals surface area contributed by atoms with Gasteiger partial charge >= 0.3 is 10.8 Å². The van der Waals surface area contributed by atoms with E-state index in [0.29, 0.717) is 0 Å². The number of imide groups is 1. The molecule has 2 saturated carbocycles. The van der Waals surface area contributed by atoms with Crippen molar-refractivity contribution in [3.05, 3.63) is 44.6 Å². The number of carbonyl (C=O) groups is 3. The molecule has 2 bridgehead atoms. The molecular formula is C23H23N3O5S2. The zero-order chi connectivity index (χ0) is 23.2. The van der Waals surface area contributed by atoms with Gasteiger partial charge in [-0.2, -0.15) is 0 Å². The molecule has 0 unspecified atom stereocenters. The number of hydrogen-bond donors (Lipinski definition) is 2. The van der Waals surface area contributed by atoms with Crippen molar-refractivity contribution in [2.24, 2.45) is 35.5 Å². The molecule has 2 aliphatic heterocycles. The fraction of sp³-hybridized carbons (Fsp3) is 0.522. The summed E-state index contributed by atoms with van der Waals surface area (Å²) in [4.78, 5) is 60.5. The van der Waals surface area contributed by atoms with Gasteiger partial charge < -0.3 is 10.1 Å². The fourth-order valence-electron chi connectivity index (χ4n) is 6.94. The zero-order valence-corrected chi connectivity index (χ0v) is 19.6. The maximum Gasteiger partial charge on any atom is 0.327 e. The van der Waals surface area contributed by atoms with Gasteiger partial charge in [-0.15, -0.1) is 11.8 Å². The van der Waals surface area contributed by atoms with Crippen molar-refractivity contribution in [1.29, 1.82) is 0 Å². The van der Waals surface area contributed by atoms with Crippen molar-refractivity contribution in [1.82, 2.24) is 14.9 Å². The van der Waals surface area contributed by atoms with Crippen molar-refractivity contribution in [2.75, 3.05) is 0 Å². The predicted octanol–water partition coefficient (Wildman–Crippen LogP) is 2.41. The molecule has 4 aliphatic rings. The Morgan fingerprint density at radius 3 is 2.58 bits per heavy atom. The fourth-order valence-corrected chi connectivity index (χ4v) is 9.83. The lowest BCUT2D eigenvalue weighted by molar-refractivity contribution is -0.157. The molecule has 4 heterocycles. The Labute approximate surface area is 197 Å². The topological polar surface area (TPSA) is 120 Å². The van der Waals surface area contributed by atoms with Gasteiger partial charge in [0, 0.05) is 28.4 Å². The van der Waals surface area contributed by atoms with Crippen LogP contribution in [0, 0.1) is 35.5 Å². The van der Waals surface area contributed by atoms with Crippen molar-refractivity contribution >= 4 is 40.9 Å². The summed E-state index contributed by atoms with van der Waals surface area (Å²) in [6, 6.07) is 2.75. The average molecular weight is 486 g/mol. The molecule has 8 atom stereocenters. The highest BCUT2D eigenvalue weighted by atomic mass is 32.2. The van der Waals surface area contributed by atoms with E-state index >= 15 is 0 Å². The summed E-state index contributed by atoms with van der Waals surface area (Å²) in [6.45, 7) is 3.45. The summed E-state index contributed by atoms with van der Waals surface area (Å²) < 4.78 is 0. The molecule has 8 nitrogen and oxygen atoms in total. The highest BCUT2D eigenvalue weighted by molar-refractivity contribution is 8.00. The van der Waals surface area contributed by atoms with E-state index in [4.69, 9.17) is 0 Å². The lowest BCUT2D eigenvalue weighted by Crippen LogP contribution is -2.49. The lowest BCUT2D eigenvalue weighted by Gasteiger charge is -2.42. The maximum atomic E-state index is 13.6. The summed E-state index contributed by atoms with van der Waals surface area (Å²) >= 11 is 2.83. The molecule has 2 N–H and O–H groups in total. The van der Waals surface area contributed by atoms with Crippen LogP contribution >= 0.6 is 23.1 Å². The van der Waals surface area contributed by atoms with E-state index in [1.54, 1.807) is 31.8 Å². The van der Waals surface area contributed by atoms with E-state index in [1.807, 2.05) is 18.3 Å². The molecule has 33 heavy (non-hydrogen) atoms. The molecule has 0 aromatic carbocycles. The van der Waals surface area contributed by atoms with Crippen LogP contribution in [0.1, 0.15) is 36.6 Å². The Kier molecular flexibility index (Phi) is 4.65. The van der Waals surface area contributed by atoms with E-state index in [2.05, 4.69) is 9.97 Å². The van der Waals surface area contributed by atoms with Crippen LogP contribution in [0.2, 0.25) is 0 Å². The van der Waals surface area contributed by atoms with Gasteiger partial charge in [0.15, 0.2) is 0 Å². The number of hydrogen-bond acceptors (Lipinski definition) is 7. The number of aromatic nitrogens is 2. The molecular weight excluding hydrogens is 462 g/mol. The Morgan fingerprint density at radius 2 is 1.94 bits per heavy atom. The number of carbonyl (C=O) groups excluding carboxylic acids is 2. The van der Waals surface area contributed by atoms with Gasteiger partial charge in [0.25, 0.3) is 0 Å². The van der Waals surface area contributed by atoms with Gasteiger partial charge in [-0.1, -0.05) is 31.3 Å². The van der Waals surface area contributed by atoms with Gasteiger partial charge in [-0.3, -0.25) is 24.3 Å². The highest BCUT2D eigenvalue weighted by Gasteiger charge is 2.70. The quantitative estimate of drug-likeness (QED) is 0.638. The minimum atomic E-state index is -1.14.